The Bertz CT molecular complexity index is 244. The number of nitrogens with zero attached hydrogens (tertiary/aromatic N) is 1. The number of hydrogen-bond donors (Lipinski definition) is 1. The molecule has 1 rings (SSSR count). The molecule has 0 aliphatic heterocycles. The number of rotatable bonds is 4. The zero-order valence-electron chi connectivity index (χ0n) is 11.4. The van der Waals surface area contributed by atoms with Gasteiger partial charge in [-0.25, -0.2) is 8.78 Å². The minimum Gasteiger partial charge on any atom is -0.327 e. The molecule has 0 bridgehead atoms. The predicted octanol–water partition coefficient (Wildman–Crippen LogP) is 2.58. The van der Waals surface area contributed by atoms with E-state index in [1.54, 1.807) is 11.9 Å². The van der Waals surface area contributed by atoms with E-state index in [-0.39, 0.29) is 18.0 Å². The second kappa shape index (κ2) is 5.61. The van der Waals surface area contributed by atoms with Crippen molar-refractivity contribution in [2.24, 2.45) is 23.0 Å². The first kappa shape index (κ1) is 14.8. The Kier molecular flexibility index (Phi) is 4.90. The minimum absolute atomic E-state index is 0.132. The van der Waals surface area contributed by atoms with Crippen LogP contribution in [-0.2, 0) is 0 Å². The van der Waals surface area contributed by atoms with E-state index >= 15 is 0 Å². The fraction of sp³-hybridized carbons (Fsp3) is 1.00. The molecule has 0 amide bonds. The highest BCUT2D eigenvalue weighted by atomic mass is 19.3. The van der Waals surface area contributed by atoms with Crippen LogP contribution in [0.4, 0.5) is 8.78 Å². The molecule has 3 atom stereocenters. The van der Waals surface area contributed by atoms with Crippen LogP contribution in [0.2, 0.25) is 0 Å². The van der Waals surface area contributed by atoms with Gasteiger partial charge in [-0.15, -0.1) is 0 Å². The molecule has 3 unspecified atom stereocenters. The molecule has 17 heavy (non-hydrogen) atoms. The van der Waals surface area contributed by atoms with E-state index in [1.807, 2.05) is 0 Å². The van der Waals surface area contributed by atoms with Gasteiger partial charge in [-0.05, 0) is 37.1 Å². The Balaban J connectivity index is 2.59. The van der Waals surface area contributed by atoms with Crippen LogP contribution < -0.4 is 5.73 Å². The number of hydrogen-bond acceptors (Lipinski definition) is 2. The van der Waals surface area contributed by atoms with Gasteiger partial charge in [-0.2, -0.15) is 0 Å². The van der Waals surface area contributed by atoms with E-state index in [2.05, 4.69) is 20.8 Å². The first-order valence-electron chi connectivity index (χ1n) is 6.47. The van der Waals surface area contributed by atoms with E-state index in [0.717, 1.165) is 19.4 Å². The van der Waals surface area contributed by atoms with Gasteiger partial charge in [0.1, 0.15) is 0 Å². The maximum atomic E-state index is 12.3. The van der Waals surface area contributed by atoms with Gasteiger partial charge in [-0.1, -0.05) is 20.8 Å². The van der Waals surface area contributed by atoms with Gasteiger partial charge in [0.05, 0.1) is 6.54 Å². The lowest BCUT2D eigenvalue weighted by atomic mass is 9.61. The van der Waals surface area contributed by atoms with Gasteiger partial charge in [0.15, 0.2) is 0 Å². The molecule has 1 fully saturated rings. The summed E-state index contributed by atoms with van der Waals surface area (Å²) in [5.41, 5.74) is 6.23. The van der Waals surface area contributed by atoms with Gasteiger partial charge < -0.3 is 10.6 Å². The fourth-order valence-corrected chi connectivity index (χ4v) is 2.95. The summed E-state index contributed by atoms with van der Waals surface area (Å²) in [4.78, 5) is 1.75. The molecule has 0 saturated heterocycles. The van der Waals surface area contributed by atoms with Gasteiger partial charge in [0, 0.05) is 12.6 Å². The normalized spacial score (nSPS) is 33.4. The van der Waals surface area contributed by atoms with Crippen LogP contribution in [0.25, 0.3) is 0 Å². The van der Waals surface area contributed by atoms with Gasteiger partial charge >= 0.3 is 0 Å². The lowest BCUT2D eigenvalue weighted by Gasteiger charge is -2.48. The van der Waals surface area contributed by atoms with Crippen LogP contribution in [0.15, 0.2) is 0 Å². The summed E-state index contributed by atoms with van der Waals surface area (Å²) in [7, 11) is 1.78. The summed E-state index contributed by atoms with van der Waals surface area (Å²) in [6.45, 7) is 7.24. The van der Waals surface area contributed by atoms with Gasteiger partial charge in [0.25, 0.3) is 6.43 Å². The van der Waals surface area contributed by atoms with Crippen LogP contribution in [0.1, 0.15) is 33.6 Å². The maximum Gasteiger partial charge on any atom is 0.251 e. The summed E-state index contributed by atoms with van der Waals surface area (Å²) < 4.78 is 24.6. The Morgan fingerprint density at radius 2 is 1.94 bits per heavy atom. The molecule has 0 aromatic rings. The average molecular weight is 248 g/mol. The standard InChI is InChI=1S/C13H26F2N2/c1-9-11(16)6-5-10(13(9,2)3)7-17(4)8-12(14)15/h9-12H,5-8,16H2,1-4H3. The molecule has 1 saturated carbocycles. The van der Waals surface area contributed by atoms with Crippen LogP contribution >= 0.6 is 0 Å². The van der Waals surface area contributed by atoms with Crippen molar-refractivity contribution in [3.05, 3.63) is 0 Å². The van der Waals surface area contributed by atoms with Crippen molar-refractivity contribution in [1.29, 1.82) is 0 Å². The highest BCUT2D eigenvalue weighted by molar-refractivity contribution is 4.94. The van der Waals surface area contributed by atoms with Gasteiger partial charge in [-0.3, -0.25) is 0 Å². The van der Waals surface area contributed by atoms with Crippen molar-refractivity contribution in [3.63, 3.8) is 0 Å². The highest BCUT2D eigenvalue weighted by Crippen LogP contribution is 2.44. The molecule has 102 valence electrons. The average Bonchev–Trinajstić information content (AvgIpc) is 2.19. The Labute approximate surface area is 104 Å². The molecule has 0 spiro atoms. The quantitative estimate of drug-likeness (QED) is 0.828. The van der Waals surface area contributed by atoms with Gasteiger partial charge in [0.2, 0.25) is 0 Å². The Hall–Kier alpha value is -0.220. The molecule has 0 aromatic heterocycles. The van der Waals surface area contributed by atoms with E-state index in [0.29, 0.717) is 11.8 Å². The number of nitrogens with two attached hydrogens (primary N) is 1. The second-order valence-electron chi connectivity index (χ2n) is 6.16. The third-order valence-corrected chi connectivity index (χ3v) is 4.70. The topological polar surface area (TPSA) is 29.3 Å². The molecular weight excluding hydrogens is 222 g/mol. The first-order chi connectivity index (χ1) is 7.75. The molecule has 1 aliphatic carbocycles. The van der Waals surface area contributed by atoms with Crippen molar-refractivity contribution in [2.75, 3.05) is 20.1 Å². The summed E-state index contributed by atoms with van der Waals surface area (Å²) >= 11 is 0. The third kappa shape index (κ3) is 3.62. The Morgan fingerprint density at radius 1 is 1.35 bits per heavy atom. The van der Waals surface area contributed by atoms with Crippen molar-refractivity contribution < 1.29 is 8.78 Å². The SMILES string of the molecule is CC1C(N)CCC(CN(C)CC(F)F)C1(C)C. The number of alkyl halides is 2. The molecule has 1 aliphatic rings. The third-order valence-electron chi connectivity index (χ3n) is 4.70. The molecule has 2 nitrogen and oxygen atoms in total. The van der Waals surface area contributed by atoms with Crippen LogP contribution in [-0.4, -0.2) is 37.5 Å². The van der Waals surface area contributed by atoms with Crippen molar-refractivity contribution >= 4 is 0 Å². The zero-order valence-corrected chi connectivity index (χ0v) is 11.4. The molecule has 4 heteroatoms. The molecule has 0 heterocycles. The zero-order chi connectivity index (χ0) is 13.2. The first-order valence-corrected chi connectivity index (χ1v) is 6.47. The lowest BCUT2D eigenvalue weighted by Crippen LogP contribution is -2.49. The summed E-state index contributed by atoms with van der Waals surface area (Å²) in [5, 5.41) is 0. The summed E-state index contributed by atoms with van der Waals surface area (Å²) in [6, 6.07) is 0.252. The second-order valence-corrected chi connectivity index (χ2v) is 6.16. The van der Waals surface area contributed by atoms with E-state index in [1.165, 1.54) is 0 Å². The molecule has 0 aromatic carbocycles. The molecule has 2 N–H and O–H groups in total. The summed E-state index contributed by atoms with van der Waals surface area (Å²) in [5.74, 6) is 0.905. The van der Waals surface area contributed by atoms with Crippen LogP contribution in [0.5, 0.6) is 0 Å². The summed E-state index contributed by atoms with van der Waals surface area (Å²) in [6.07, 6.45) is -0.185. The van der Waals surface area contributed by atoms with Crippen molar-refractivity contribution in [2.45, 2.75) is 46.1 Å². The van der Waals surface area contributed by atoms with Crippen LogP contribution in [0, 0.1) is 17.3 Å². The largest absolute Gasteiger partial charge is 0.327 e. The Morgan fingerprint density at radius 3 is 2.47 bits per heavy atom. The maximum absolute atomic E-state index is 12.3. The molecular formula is C13H26F2N2. The number of halogens is 2. The monoisotopic (exact) mass is 248 g/mol. The smallest absolute Gasteiger partial charge is 0.251 e. The van der Waals surface area contributed by atoms with Crippen LogP contribution in [0.3, 0.4) is 0 Å². The lowest BCUT2D eigenvalue weighted by molar-refractivity contribution is 0.0193. The fourth-order valence-electron chi connectivity index (χ4n) is 2.95. The van der Waals surface area contributed by atoms with Crippen molar-refractivity contribution in [3.8, 4) is 0 Å². The minimum atomic E-state index is -2.24. The molecule has 0 radical (unpaired) electrons. The van der Waals surface area contributed by atoms with E-state index < -0.39 is 6.43 Å². The van der Waals surface area contributed by atoms with E-state index in [9.17, 15) is 8.78 Å². The van der Waals surface area contributed by atoms with Crippen molar-refractivity contribution in [1.82, 2.24) is 4.90 Å². The predicted molar refractivity (Wildman–Crippen MR) is 67.1 cm³/mol. The van der Waals surface area contributed by atoms with E-state index in [4.69, 9.17) is 5.73 Å². The highest BCUT2D eigenvalue weighted by Gasteiger charge is 2.41.